The number of fused-ring (bicyclic) bond motifs is 1. The molecule has 0 aromatic heterocycles. The molecule has 17 heavy (non-hydrogen) atoms. The molecule has 0 radical (unpaired) electrons. The second-order valence-corrected chi connectivity index (χ2v) is 4.01. The zero-order valence-corrected chi connectivity index (χ0v) is 9.34. The summed E-state index contributed by atoms with van der Waals surface area (Å²) in [7, 11) is 0. The third-order valence-electron chi connectivity index (χ3n) is 2.71. The first-order valence-electron chi connectivity index (χ1n) is 5.42. The molecule has 0 spiro atoms. The van der Waals surface area contributed by atoms with Gasteiger partial charge in [-0.1, -0.05) is 6.07 Å². The number of benzene rings is 1. The van der Waals surface area contributed by atoms with E-state index in [9.17, 15) is 4.79 Å². The summed E-state index contributed by atoms with van der Waals surface area (Å²) in [6.07, 6.45) is -0.402. The van der Waals surface area contributed by atoms with Gasteiger partial charge in [0.15, 0.2) is 17.6 Å². The summed E-state index contributed by atoms with van der Waals surface area (Å²) >= 11 is 0. The Morgan fingerprint density at radius 2 is 2.18 bits per heavy atom. The molecular weight excluding hydrogens is 224 g/mol. The SMILES string of the molecule is CC(=O)O[C@H](c1ccc2c(c1)OCO2)[C@@H]1CO1. The van der Waals surface area contributed by atoms with E-state index < -0.39 is 0 Å². The van der Waals surface area contributed by atoms with Crippen LogP contribution in [0.25, 0.3) is 0 Å². The van der Waals surface area contributed by atoms with Gasteiger partial charge in [-0.2, -0.15) is 0 Å². The number of hydrogen-bond donors (Lipinski definition) is 0. The molecule has 5 nitrogen and oxygen atoms in total. The van der Waals surface area contributed by atoms with Crippen LogP contribution in [0.1, 0.15) is 18.6 Å². The highest BCUT2D eigenvalue weighted by molar-refractivity contribution is 5.66. The van der Waals surface area contributed by atoms with Crippen LogP contribution < -0.4 is 9.47 Å². The monoisotopic (exact) mass is 236 g/mol. The first kappa shape index (κ1) is 10.4. The van der Waals surface area contributed by atoms with Gasteiger partial charge in [0, 0.05) is 6.92 Å². The van der Waals surface area contributed by atoms with Gasteiger partial charge >= 0.3 is 5.97 Å². The van der Waals surface area contributed by atoms with Crippen LogP contribution in [0.15, 0.2) is 18.2 Å². The van der Waals surface area contributed by atoms with Crippen LogP contribution in [-0.4, -0.2) is 25.5 Å². The van der Waals surface area contributed by atoms with Gasteiger partial charge in [-0.05, 0) is 17.7 Å². The van der Waals surface area contributed by atoms with Crippen molar-refractivity contribution >= 4 is 5.97 Å². The molecule has 0 N–H and O–H groups in total. The fourth-order valence-corrected chi connectivity index (χ4v) is 1.86. The largest absolute Gasteiger partial charge is 0.455 e. The highest BCUT2D eigenvalue weighted by atomic mass is 16.7. The zero-order valence-electron chi connectivity index (χ0n) is 9.34. The molecular formula is C12H12O5. The lowest BCUT2D eigenvalue weighted by atomic mass is 10.1. The zero-order chi connectivity index (χ0) is 11.8. The highest BCUT2D eigenvalue weighted by Gasteiger charge is 2.37. The van der Waals surface area contributed by atoms with Gasteiger partial charge in [-0.25, -0.2) is 0 Å². The van der Waals surface area contributed by atoms with Gasteiger partial charge in [0.25, 0.3) is 0 Å². The van der Waals surface area contributed by atoms with E-state index in [4.69, 9.17) is 18.9 Å². The maximum absolute atomic E-state index is 11.1. The molecule has 5 heteroatoms. The summed E-state index contributed by atoms with van der Waals surface area (Å²) in [5, 5.41) is 0. The van der Waals surface area contributed by atoms with Gasteiger partial charge in [0.2, 0.25) is 6.79 Å². The normalized spacial score (nSPS) is 22.1. The summed E-state index contributed by atoms with van der Waals surface area (Å²) in [5.41, 5.74) is 0.868. The third-order valence-corrected chi connectivity index (χ3v) is 2.71. The van der Waals surface area contributed by atoms with E-state index in [1.54, 1.807) is 0 Å². The molecule has 0 saturated carbocycles. The van der Waals surface area contributed by atoms with Crippen molar-refractivity contribution in [3.8, 4) is 11.5 Å². The Balaban J connectivity index is 1.87. The van der Waals surface area contributed by atoms with Crippen LogP contribution in [-0.2, 0) is 14.3 Å². The second kappa shape index (κ2) is 3.92. The molecule has 2 aliphatic rings. The second-order valence-electron chi connectivity index (χ2n) is 4.01. The van der Waals surface area contributed by atoms with Crippen molar-refractivity contribution in [1.29, 1.82) is 0 Å². The van der Waals surface area contributed by atoms with E-state index in [2.05, 4.69) is 0 Å². The topological polar surface area (TPSA) is 57.3 Å². The lowest BCUT2D eigenvalue weighted by Gasteiger charge is -2.15. The van der Waals surface area contributed by atoms with E-state index in [1.807, 2.05) is 18.2 Å². The quantitative estimate of drug-likeness (QED) is 0.586. The Morgan fingerprint density at radius 3 is 2.88 bits per heavy atom. The number of carbonyl (C=O) groups is 1. The summed E-state index contributed by atoms with van der Waals surface area (Å²) in [6, 6.07) is 5.51. The molecule has 0 aliphatic carbocycles. The molecule has 1 aromatic carbocycles. The third kappa shape index (κ3) is 2.06. The Kier molecular flexibility index (Phi) is 2.40. The number of rotatable bonds is 3. The van der Waals surface area contributed by atoms with E-state index >= 15 is 0 Å². The van der Waals surface area contributed by atoms with Crippen molar-refractivity contribution in [2.75, 3.05) is 13.4 Å². The maximum atomic E-state index is 11.1. The Bertz CT molecular complexity index is 452. The summed E-state index contributed by atoms with van der Waals surface area (Å²) in [6.45, 7) is 2.24. The van der Waals surface area contributed by atoms with Gasteiger partial charge in [-0.3, -0.25) is 4.79 Å². The van der Waals surface area contributed by atoms with E-state index in [0.29, 0.717) is 18.1 Å². The van der Waals surface area contributed by atoms with Crippen LogP contribution >= 0.6 is 0 Å². The smallest absolute Gasteiger partial charge is 0.303 e. The van der Waals surface area contributed by atoms with E-state index in [-0.39, 0.29) is 25.0 Å². The fraction of sp³-hybridized carbons (Fsp3) is 0.417. The lowest BCUT2D eigenvalue weighted by molar-refractivity contribution is -0.147. The average molecular weight is 236 g/mol. The van der Waals surface area contributed by atoms with Crippen molar-refractivity contribution in [2.24, 2.45) is 0 Å². The predicted octanol–water partition coefficient (Wildman–Crippen LogP) is 1.42. The van der Waals surface area contributed by atoms with Gasteiger partial charge < -0.3 is 18.9 Å². The first-order valence-corrected chi connectivity index (χ1v) is 5.42. The minimum atomic E-state index is -0.359. The average Bonchev–Trinajstić information content (AvgIpc) is 3.03. The van der Waals surface area contributed by atoms with Gasteiger partial charge in [0.05, 0.1) is 6.61 Å². The standard InChI is InChI=1S/C12H12O5/c1-7(13)17-12(11-5-14-11)8-2-3-9-10(4-8)16-6-15-9/h2-4,11-12H,5-6H2,1H3/t11-,12+/m0/s1. The molecule has 3 rings (SSSR count). The van der Waals surface area contributed by atoms with Crippen molar-refractivity contribution in [3.05, 3.63) is 23.8 Å². The lowest BCUT2D eigenvalue weighted by Crippen LogP contribution is -2.14. The van der Waals surface area contributed by atoms with E-state index in [1.165, 1.54) is 6.92 Å². The molecule has 2 atom stereocenters. The first-order chi connectivity index (χ1) is 8.24. The minimum Gasteiger partial charge on any atom is -0.455 e. The molecule has 1 saturated heterocycles. The number of epoxide rings is 1. The molecule has 0 bridgehead atoms. The molecule has 1 aromatic rings. The Morgan fingerprint density at radius 1 is 1.41 bits per heavy atom. The number of carbonyl (C=O) groups excluding carboxylic acids is 1. The summed E-state index contributed by atoms with van der Waals surface area (Å²) < 4.78 is 21.0. The molecule has 2 aliphatic heterocycles. The Labute approximate surface area is 98.2 Å². The molecule has 0 amide bonds. The van der Waals surface area contributed by atoms with Crippen molar-refractivity contribution in [3.63, 3.8) is 0 Å². The molecule has 0 unspecified atom stereocenters. The maximum Gasteiger partial charge on any atom is 0.303 e. The van der Waals surface area contributed by atoms with Crippen molar-refractivity contribution in [2.45, 2.75) is 19.1 Å². The van der Waals surface area contributed by atoms with E-state index in [0.717, 1.165) is 5.56 Å². The van der Waals surface area contributed by atoms with Crippen LogP contribution in [0.2, 0.25) is 0 Å². The van der Waals surface area contributed by atoms with Crippen LogP contribution in [0.3, 0.4) is 0 Å². The van der Waals surface area contributed by atoms with Gasteiger partial charge in [-0.15, -0.1) is 0 Å². The minimum absolute atomic E-state index is 0.0423. The van der Waals surface area contributed by atoms with Crippen LogP contribution in [0, 0.1) is 0 Å². The van der Waals surface area contributed by atoms with Crippen LogP contribution in [0.4, 0.5) is 0 Å². The number of hydrogen-bond acceptors (Lipinski definition) is 5. The molecule has 90 valence electrons. The van der Waals surface area contributed by atoms with Crippen LogP contribution in [0.5, 0.6) is 11.5 Å². The van der Waals surface area contributed by atoms with Gasteiger partial charge in [0.1, 0.15) is 6.10 Å². The molecule has 2 heterocycles. The summed E-state index contributed by atoms with van der Waals surface area (Å²) in [4.78, 5) is 11.1. The summed E-state index contributed by atoms with van der Waals surface area (Å²) in [5.74, 6) is 1.08. The molecule has 1 fully saturated rings. The Hall–Kier alpha value is -1.75. The predicted molar refractivity (Wildman–Crippen MR) is 56.8 cm³/mol. The number of ether oxygens (including phenoxy) is 4. The van der Waals surface area contributed by atoms with Crippen molar-refractivity contribution < 1.29 is 23.7 Å². The number of esters is 1. The highest BCUT2D eigenvalue weighted by Crippen LogP contribution is 2.38. The fourth-order valence-electron chi connectivity index (χ4n) is 1.86. The van der Waals surface area contributed by atoms with Crippen molar-refractivity contribution in [1.82, 2.24) is 0 Å².